The molecule has 0 saturated heterocycles. The average molecular weight is 211 g/mol. The largest absolute Gasteiger partial charge is 0.463 e. The molecule has 0 aliphatic carbocycles. The monoisotopic (exact) mass is 211 g/mol. The van der Waals surface area contributed by atoms with E-state index in [0.29, 0.717) is 0 Å². The van der Waals surface area contributed by atoms with Crippen LogP contribution in [0.4, 0.5) is 0 Å². The van der Waals surface area contributed by atoms with Crippen molar-refractivity contribution in [2.24, 2.45) is 17.1 Å². The summed E-state index contributed by atoms with van der Waals surface area (Å²) in [7, 11) is 0. The minimum Gasteiger partial charge on any atom is -0.463 e. The molecule has 0 aliphatic rings. The van der Waals surface area contributed by atoms with Crippen LogP contribution in [0, 0.1) is 23.2 Å². The second-order valence-corrected chi connectivity index (χ2v) is 4.64. The number of hydrogen-bond acceptors (Lipinski definition) is 3. The Hall–Kier alpha value is -1.01. The Morgan fingerprint density at radius 2 is 2.00 bits per heavy atom. The molecule has 0 aliphatic heterocycles. The average Bonchev–Trinajstić information content (AvgIpc) is 2.13. The molecule has 0 unspecified atom stereocenters. The van der Waals surface area contributed by atoms with Gasteiger partial charge in [0.1, 0.15) is 12.6 Å². The molecule has 0 aromatic heterocycles. The van der Waals surface area contributed by atoms with Gasteiger partial charge in [0.2, 0.25) is 0 Å². The highest BCUT2D eigenvalue weighted by Gasteiger charge is 2.22. The molecule has 2 N–H and O–H groups in total. The second-order valence-electron chi connectivity index (χ2n) is 4.64. The number of hydrogen-bond donors (Lipinski definition) is 1. The van der Waals surface area contributed by atoms with E-state index in [2.05, 4.69) is 11.8 Å². The van der Waals surface area contributed by atoms with E-state index in [1.54, 1.807) is 6.92 Å². The summed E-state index contributed by atoms with van der Waals surface area (Å²) in [5.41, 5.74) is 5.35. The number of ether oxygens (including phenoxy) is 1. The number of carbonyl (C=O) groups is 1. The number of esters is 1. The smallest absolute Gasteiger partial charge is 0.323 e. The van der Waals surface area contributed by atoms with Crippen molar-refractivity contribution in [1.29, 1.82) is 0 Å². The molecule has 0 aromatic rings. The van der Waals surface area contributed by atoms with Crippen molar-refractivity contribution in [3.05, 3.63) is 0 Å². The number of carbonyl (C=O) groups excluding carboxylic acids is 1. The Kier molecular flexibility index (Phi) is 5.38. The minimum atomic E-state index is -0.546. The summed E-state index contributed by atoms with van der Waals surface area (Å²) in [6.45, 7) is 9.69. The molecule has 1 atom stereocenters. The van der Waals surface area contributed by atoms with Gasteiger partial charge in [-0.15, -0.1) is 5.92 Å². The lowest BCUT2D eigenvalue weighted by Gasteiger charge is -2.20. The van der Waals surface area contributed by atoms with Gasteiger partial charge in [0, 0.05) is 0 Å². The van der Waals surface area contributed by atoms with Gasteiger partial charge in [0.15, 0.2) is 0 Å². The quantitative estimate of drug-likeness (QED) is 0.567. The highest BCUT2D eigenvalue weighted by molar-refractivity contribution is 5.75. The first-order chi connectivity index (χ1) is 6.80. The van der Waals surface area contributed by atoms with Crippen molar-refractivity contribution in [3.8, 4) is 11.8 Å². The van der Waals surface area contributed by atoms with Crippen molar-refractivity contribution in [2.45, 2.75) is 40.7 Å². The Morgan fingerprint density at radius 1 is 1.47 bits per heavy atom. The van der Waals surface area contributed by atoms with Crippen molar-refractivity contribution < 1.29 is 9.53 Å². The van der Waals surface area contributed by atoms with Crippen LogP contribution in [0.3, 0.4) is 0 Å². The van der Waals surface area contributed by atoms with E-state index in [4.69, 9.17) is 10.5 Å². The van der Waals surface area contributed by atoms with Gasteiger partial charge in [0.25, 0.3) is 0 Å². The third-order valence-electron chi connectivity index (χ3n) is 2.03. The highest BCUT2D eigenvalue weighted by Crippen LogP contribution is 2.14. The maximum atomic E-state index is 11.4. The number of rotatable bonds is 4. The summed E-state index contributed by atoms with van der Waals surface area (Å²) in [4.78, 5) is 11.4. The molecule has 0 spiro atoms. The zero-order valence-corrected chi connectivity index (χ0v) is 10.3. The molecule has 0 rings (SSSR count). The van der Waals surface area contributed by atoms with Crippen LogP contribution >= 0.6 is 0 Å². The predicted octanol–water partition coefficient (Wildman–Crippen LogP) is 1.56. The van der Waals surface area contributed by atoms with E-state index in [9.17, 15) is 4.79 Å². The maximum Gasteiger partial charge on any atom is 0.323 e. The van der Waals surface area contributed by atoms with Gasteiger partial charge in [-0.1, -0.05) is 19.8 Å². The molecule has 86 valence electrons. The normalized spacial score (nSPS) is 13.0. The molecule has 3 nitrogen and oxygen atoms in total. The van der Waals surface area contributed by atoms with Gasteiger partial charge >= 0.3 is 5.97 Å². The van der Waals surface area contributed by atoms with E-state index in [0.717, 1.165) is 0 Å². The molecule has 0 heterocycles. The van der Waals surface area contributed by atoms with Gasteiger partial charge in [-0.05, 0) is 26.7 Å². The molecule has 0 fully saturated rings. The second kappa shape index (κ2) is 5.77. The molecular formula is C12H21NO2. The fraction of sp³-hybridized carbons (Fsp3) is 0.750. The molecule has 0 radical (unpaired) electrons. The Labute approximate surface area is 92.4 Å². The van der Waals surface area contributed by atoms with Crippen molar-refractivity contribution in [2.75, 3.05) is 6.61 Å². The van der Waals surface area contributed by atoms with E-state index < -0.39 is 6.04 Å². The number of nitrogens with two attached hydrogens (primary N) is 1. The SMILES string of the molecule is CC#CC(C)(C)COC(=O)[C@@H](N)C(C)C. The fourth-order valence-corrected chi connectivity index (χ4v) is 0.994. The molecule has 0 amide bonds. The van der Waals surface area contributed by atoms with E-state index in [-0.39, 0.29) is 23.9 Å². The molecule has 0 bridgehead atoms. The summed E-state index contributed by atoms with van der Waals surface area (Å²) in [6.07, 6.45) is 0. The van der Waals surface area contributed by atoms with Gasteiger partial charge < -0.3 is 10.5 Å². The first-order valence-electron chi connectivity index (χ1n) is 5.16. The third-order valence-corrected chi connectivity index (χ3v) is 2.03. The summed E-state index contributed by atoms with van der Waals surface area (Å²) >= 11 is 0. The fourth-order valence-electron chi connectivity index (χ4n) is 0.994. The van der Waals surface area contributed by atoms with Crippen LogP contribution in [0.15, 0.2) is 0 Å². The standard InChI is InChI=1S/C12H21NO2/c1-6-7-12(4,5)8-15-11(14)10(13)9(2)3/h9-10H,8,13H2,1-5H3/t10-/m0/s1. The van der Waals surface area contributed by atoms with Crippen LogP contribution in [0.25, 0.3) is 0 Å². The molecule has 0 aromatic carbocycles. The summed E-state index contributed by atoms with van der Waals surface area (Å²) < 4.78 is 5.12. The van der Waals surface area contributed by atoms with E-state index >= 15 is 0 Å². The van der Waals surface area contributed by atoms with Crippen LogP contribution in [0.5, 0.6) is 0 Å². The van der Waals surface area contributed by atoms with Crippen LogP contribution in [-0.2, 0) is 9.53 Å². The Balaban J connectivity index is 4.15. The lowest BCUT2D eigenvalue weighted by Crippen LogP contribution is -2.38. The van der Waals surface area contributed by atoms with Gasteiger partial charge in [-0.25, -0.2) is 0 Å². The topological polar surface area (TPSA) is 52.3 Å². The van der Waals surface area contributed by atoms with Crippen molar-refractivity contribution in [1.82, 2.24) is 0 Å². The molecular weight excluding hydrogens is 190 g/mol. The van der Waals surface area contributed by atoms with Crippen molar-refractivity contribution >= 4 is 5.97 Å². The zero-order valence-electron chi connectivity index (χ0n) is 10.3. The molecule has 0 saturated carbocycles. The lowest BCUT2D eigenvalue weighted by molar-refractivity contribution is -0.148. The lowest BCUT2D eigenvalue weighted by atomic mass is 9.96. The first kappa shape index (κ1) is 14.0. The maximum absolute atomic E-state index is 11.4. The predicted molar refractivity (Wildman–Crippen MR) is 61.0 cm³/mol. The van der Waals surface area contributed by atoms with Crippen LogP contribution in [0.2, 0.25) is 0 Å². The van der Waals surface area contributed by atoms with Crippen LogP contribution in [0.1, 0.15) is 34.6 Å². The van der Waals surface area contributed by atoms with Crippen LogP contribution < -0.4 is 5.73 Å². The summed E-state index contributed by atoms with van der Waals surface area (Å²) in [5, 5.41) is 0. The van der Waals surface area contributed by atoms with Gasteiger partial charge in [-0.2, -0.15) is 0 Å². The zero-order chi connectivity index (χ0) is 12.1. The van der Waals surface area contributed by atoms with Gasteiger partial charge in [0.05, 0.1) is 5.41 Å². The Bertz CT molecular complexity index is 271. The summed E-state index contributed by atoms with van der Waals surface area (Å²) in [6, 6.07) is -0.546. The minimum absolute atomic E-state index is 0.0953. The first-order valence-corrected chi connectivity index (χ1v) is 5.16. The van der Waals surface area contributed by atoms with Crippen molar-refractivity contribution in [3.63, 3.8) is 0 Å². The molecule has 3 heteroatoms. The Morgan fingerprint density at radius 3 is 2.40 bits per heavy atom. The summed E-state index contributed by atoms with van der Waals surface area (Å²) in [5.74, 6) is 5.53. The third kappa shape index (κ3) is 5.44. The van der Waals surface area contributed by atoms with Crippen LogP contribution in [-0.4, -0.2) is 18.6 Å². The van der Waals surface area contributed by atoms with Gasteiger partial charge in [-0.3, -0.25) is 4.79 Å². The molecule has 15 heavy (non-hydrogen) atoms. The van der Waals surface area contributed by atoms with E-state index in [1.807, 2.05) is 27.7 Å². The highest BCUT2D eigenvalue weighted by atomic mass is 16.5. The van der Waals surface area contributed by atoms with E-state index in [1.165, 1.54) is 0 Å².